The van der Waals surface area contributed by atoms with Gasteiger partial charge in [-0.3, -0.25) is 0 Å². The van der Waals surface area contributed by atoms with Gasteiger partial charge in [-0.2, -0.15) is 0 Å². The highest BCUT2D eigenvalue weighted by atomic mass is 15.0. The van der Waals surface area contributed by atoms with Crippen molar-refractivity contribution in [2.24, 2.45) is 5.41 Å². The second-order valence-electron chi connectivity index (χ2n) is 6.07. The molecule has 0 aliphatic carbocycles. The van der Waals surface area contributed by atoms with Crippen LogP contribution in [0.2, 0.25) is 0 Å². The lowest BCUT2D eigenvalue weighted by Gasteiger charge is -2.15. The lowest BCUT2D eigenvalue weighted by Crippen LogP contribution is -2.05. The van der Waals surface area contributed by atoms with E-state index >= 15 is 0 Å². The van der Waals surface area contributed by atoms with Gasteiger partial charge < -0.3 is 4.57 Å². The molecule has 1 heterocycles. The third kappa shape index (κ3) is 5.04. The molecule has 0 radical (unpaired) electrons. The van der Waals surface area contributed by atoms with Crippen LogP contribution >= 0.6 is 0 Å². The number of imidazole rings is 1. The molecule has 1 aromatic rings. The van der Waals surface area contributed by atoms with Crippen molar-refractivity contribution in [2.45, 2.75) is 41.2 Å². The molecule has 0 saturated heterocycles. The second-order valence-corrected chi connectivity index (χ2v) is 6.07. The zero-order chi connectivity index (χ0) is 15.2. The van der Waals surface area contributed by atoms with Crippen LogP contribution in [0.5, 0.6) is 0 Å². The van der Waals surface area contributed by atoms with Gasteiger partial charge in [0.05, 0.1) is 18.2 Å². The van der Waals surface area contributed by atoms with Crippen LogP contribution in [-0.2, 0) is 6.54 Å². The number of rotatable bonds is 5. The smallest absolute Gasteiger partial charge is 0.0954 e. The molecule has 0 aliphatic heterocycles. The van der Waals surface area contributed by atoms with Crippen LogP contribution in [0.4, 0.5) is 0 Å². The number of hydrogen-bond donors (Lipinski definition) is 0. The maximum absolute atomic E-state index is 4.28. The number of allylic oxidation sites excluding steroid dienone is 7. The fourth-order valence-corrected chi connectivity index (χ4v) is 2.10. The predicted octanol–water partition coefficient (Wildman–Crippen LogP) is 5.02. The van der Waals surface area contributed by atoms with Gasteiger partial charge in [-0.1, -0.05) is 57.7 Å². The van der Waals surface area contributed by atoms with E-state index in [1.165, 1.54) is 11.1 Å². The topological polar surface area (TPSA) is 17.8 Å². The Morgan fingerprint density at radius 2 is 2.10 bits per heavy atom. The van der Waals surface area contributed by atoms with Gasteiger partial charge in [0.1, 0.15) is 0 Å². The van der Waals surface area contributed by atoms with Gasteiger partial charge in [-0.25, -0.2) is 4.98 Å². The first-order chi connectivity index (χ1) is 9.37. The molecule has 0 fully saturated rings. The lowest BCUT2D eigenvalue weighted by molar-refractivity contribution is 0.545. The number of hydrogen-bond acceptors (Lipinski definition) is 1. The molecule has 0 saturated carbocycles. The van der Waals surface area contributed by atoms with Crippen molar-refractivity contribution in [3.63, 3.8) is 0 Å². The molecule has 0 bridgehead atoms. The molecule has 0 spiro atoms. The standard InChI is InChI=1S/C18H26N2/c1-7-9-10-16(8-2)13-20-14-19-12-17(20)15(3)11-18(4,5)6/h7-12,14H,2,13H2,1,3-6H3/b9-7-,15-11?,16-10+. The summed E-state index contributed by atoms with van der Waals surface area (Å²) in [7, 11) is 0. The summed E-state index contributed by atoms with van der Waals surface area (Å²) in [6, 6.07) is 0. The van der Waals surface area contributed by atoms with Crippen molar-refractivity contribution < 1.29 is 0 Å². The summed E-state index contributed by atoms with van der Waals surface area (Å²) in [6.45, 7) is 15.4. The fraction of sp³-hybridized carbons (Fsp3) is 0.389. The first kappa shape index (κ1) is 16.2. The Bertz CT molecular complexity index is 534. The largest absolute Gasteiger partial charge is 0.326 e. The zero-order valence-electron chi connectivity index (χ0n) is 13.4. The van der Waals surface area contributed by atoms with E-state index in [2.05, 4.69) is 56.0 Å². The van der Waals surface area contributed by atoms with Crippen molar-refractivity contribution in [1.29, 1.82) is 0 Å². The summed E-state index contributed by atoms with van der Waals surface area (Å²) in [6.07, 6.45) is 14.1. The van der Waals surface area contributed by atoms with Crippen molar-refractivity contribution in [3.8, 4) is 0 Å². The van der Waals surface area contributed by atoms with Gasteiger partial charge in [0, 0.05) is 6.54 Å². The molecule has 0 aliphatic rings. The lowest BCUT2D eigenvalue weighted by atomic mass is 9.93. The summed E-state index contributed by atoms with van der Waals surface area (Å²) in [5.41, 5.74) is 3.75. The number of aromatic nitrogens is 2. The normalized spacial score (nSPS) is 14.1. The first-order valence-electron chi connectivity index (χ1n) is 7.01. The van der Waals surface area contributed by atoms with Crippen LogP contribution in [0.1, 0.15) is 40.3 Å². The molecule has 108 valence electrons. The van der Waals surface area contributed by atoms with Crippen LogP contribution in [0.25, 0.3) is 5.57 Å². The minimum atomic E-state index is 0.168. The van der Waals surface area contributed by atoms with Crippen molar-refractivity contribution in [2.75, 3.05) is 0 Å². The Morgan fingerprint density at radius 3 is 2.65 bits per heavy atom. The minimum Gasteiger partial charge on any atom is -0.326 e. The molecule has 0 aromatic carbocycles. The Balaban J connectivity index is 3.03. The Hall–Kier alpha value is -1.83. The Morgan fingerprint density at radius 1 is 1.40 bits per heavy atom. The van der Waals surface area contributed by atoms with Crippen LogP contribution in [0.3, 0.4) is 0 Å². The van der Waals surface area contributed by atoms with Crippen LogP contribution < -0.4 is 0 Å². The third-order valence-corrected chi connectivity index (χ3v) is 2.88. The molecule has 0 unspecified atom stereocenters. The second kappa shape index (κ2) is 7.09. The highest BCUT2D eigenvalue weighted by Gasteiger charge is 2.10. The summed E-state index contributed by atoms with van der Waals surface area (Å²) >= 11 is 0. The van der Waals surface area contributed by atoms with E-state index in [1.807, 2.05) is 37.7 Å². The third-order valence-electron chi connectivity index (χ3n) is 2.88. The molecule has 2 nitrogen and oxygen atoms in total. The van der Waals surface area contributed by atoms with Gasteiger partial charge in [-0.05, 0) is 30.4 Å². The highest BCUT2D eigenvalue weighted by Crippen LogP contribution is 2.23. The van der Waals surface area contributed by atoms with Crippen LogP contribution in [0, 0.1) is 5.41 Å². The molecular formula is C18H26N2. The van der Waals surface area contributed by atoms with Crippen molar-refractivity contribution in [1.82, 2.24) is 9.55 Å². The van der Waals surface area contributed by atoms with Gasteiger partial charge in [0.15, 0.2) is 0 Å². The molecule has 1 rings (SSSR count). The minimum absolute atomic E-state index is 0.168. The van der Waals surface area contributed by atoms with E-state index < -0.39 is 0 Å². The first-order valence-corrected chi connectivity index (χ1v) is 7.01. The monoisotopic (exact) mass is 270 g/mol. The maximum Gasteiger partial charge on any atom is 0.0954 e. The maximum atomic E-state index is 4.28. The predicted molar refractivity (Wildman–Crippen MR) is 88.4 cm³/mol. The van der Waals surface area contributed by atoms with E-state index in [-0.39, 0.29) is 5.41 Å². The quantitative estimate of drug-likeness (QED) is 0.687. The van der Waals surface area contributed by atoms with Gasteiger partial charge in [-0.15, -0.1) is 0 Å². The van der Waals surface area contributed by atoms with Crippen LogP contribution in [-0.4, -0.2) is 9.55 Å². The van der Waals surface area contributed by atoms with Gasteiger partial charge >= 0.3 is 0 Å². The molecular weight excluding hydrogens is 244 g/mol. The average Bonchev–Trinajstić information content (AvgIpc) is 2.80. The Kier molecular flexibility index (Phi) is 5.75. The van der Waals surface area contributed by atoms with Crippen LogP contribution in [0.15, 0.2) is 55.1 Å². The SMILES string of the molecule is C=C/C(=C\C=C/C)Cn1cncc1C(C)=CC(C)(C)C. The van der Waals surface area contributed by atoms with E-state index in [9.17, 15) is 0 Å². The molecule has 2 heteroatoms. The van der Waals surface area contributed by atoms with E-state index in [4.69, 9.17) is 0 Å². The Labute approximate surface area is 123 Å². The van der Waals surface area contributed by atoms with Crippen molar-refractivity contribution >= 4 is 5.57 Å². The van der Waals surface area contributed by atoms with E-state index in [0.717, 1.165) is 12.2 Å². The van der Waals surface area contributed by atoms with E-state index in [0.29, 0.717) is 0 Å². The molecule has 20 heavy (non-hydrogen) atoms. The molecule has 1 aromatic heterocycles. The fourth-order valence-electron chi connectivity index (χ4n) is 2.10. The zero-order valence-corrected chi connectivity index (χ0v) is 13.4. The molecule has 0 N–H and O–H groups in total. The van der Waals surface area contributed by atoms with E-state index in [1.54, 1.807) is 0 Å². The molecule has 0 atom stereocenters. The summed E-state index contributed by atoms with van der Waals surface area (Å²) in [5.74, 6) is 0. The summed E-state index contributed by atoms with van der Waals surface area (Å²) in [4.78, 5) is 4.28. The summed E-state index contributed by atoms with van der Waals surface area (Å²) in [5, 5.41) is 0. The molecule has 0 amide bonds. The van der Waals surface area contributed by atoms with Crippen molar-refractivity contribution in [3.05, 3.63) is 60.8 Å². The highest BCUT2D eigenvalue weighted by molar-refractivity contribution is 5.61. The average molecular weight is 270 g/mol. The number of nitrogens with zero attached hydrogens (tertiary/aromatic N) is 2. The summed E-state index contributed by atoms with van der Waals surface area (Å²) < 4.78 is 2.16. The van der Waals surface area contributed by atoms with Gasteiger partial charge in [0.2, 0.25) is 0 Å². The van der Waals surface area contributed by atoms with Gasteiger partial charge in [0.25, 0.3) is 0 Å².